The van der Waals surface area contributed by atoms with E-state index < -0.39 is 17.7 Å². The van der Waals surface area contributed by atoms with Gasteiger partial charge in [-0.1, -0.05) is 0 Å². The van der Waals surface area contributed by atoms with Crippen molar-refractivity contribution in [2.75, 3.05) is 0 Å². The van der Waals surface area contributed by atoms with E-state index in [1.165, 1.54) is 6.07 Å². The highest BCUT2D eigenvalue weighted by Gasteiger charge is 2.59. The molecule has 0 amide bonds. The van der Waals surface area contributed by atoms with Crippen LogP contribution in [0.25, 0.3) is 0 Å². The average molecular weight is 208 g/mol. The Hall–Kier alpha value is -1.53. The SMILES string of the molecule is CC(C(=O)O)(n1cccn1)C(F)(F)F. The van der Waals surface area contributed by atoms with Crippen LogP contribution in [0.4, 0.5) is 13.2 Å². The van der Waals surface area contributed by atoms with Gasteiger partial charge in [-0.05, 0) is 13.0 Å². The normalized spacial score (nSPS) is 16.3. The van der Waals surface area contributed by atoms with Crippen molar-refractivity contribution >= 4 is 5.97 Å². The monoisotopic (exact) mass is 208 g/mol. The molecule has 0 aromatic carbocycles. The number of nitrogens with zero attached hydrogens (tertiary/aromatic N) is 2. The highest BCUT2D eigenvalue weighted by molar-refractivity contribution is 5.77. The molecule has 0 saturated heterocycles. The fourth-order valence-electron chi connectivity index (χ4n) is 0.882. The van der Waals surface area contributed by atoms with Gasteiger partial charge in [0, 0.05) is 12.4 Å². The quantitative estimate of drug-likeness (QED) is 0.795. The minimum absolute atomic E-state index is 0.370. The molecule has 1 aromatic rings. The molecule has 1 heterocycles. The fourth-order valence-corrected chi connectivity index (χ4v) is 0.882. The lowest BCUT2D eigenvalue weighted by atomic mass is 10.0. The molecule has 0 aliphatic carbocycles. The van der Waals surface area contributed by atoms with Crippen molar-refractivity contribution in [3.63, 3.8) is 0 Å². The van der Waals surface area contributed by atoms with E-state index in [0.717, 1.165) is 12.4 Å². The molecule has 0 aliphatic heterocycles. The van der Waals surface area contributed by atoms with Gasteiger partial charge in [-0.2, -0.15) is 18.3 Å². The smallest absolute Gasteiger partial charge is 0.424 e. The molecule has 0 radical (unpaired) electrons. The van der Waals surface area contributed by atoms with Crippen molar-refractivity contribution in [2.24, 2.45) is 0 Å². The topological polar surface area (TPSA) is 55.1 Å². The lowest BCUT2D eigenvalue weighted by Crippen LogP contribution is -2.51. The fraction of sp³-hybridized carbons (Fsp3) is 0.429. The van der Waals surface area contributed by atoms with Gasteiger partial charge in [0.25, 0.3) is 5.54 Å². The van der Waals surface area contributed by atoms with Crippen LogP contribution in [0.3, 0.4) is 0 Å². The van der Waals surface area contributed by atoms with Gasteiger partial charge in [-0.3, -0.25) is 0 Å². The Morgan fingerprint density at radius 2 is 2.07 bits per heavy atom. The summed E-state index contributed by atoms with van der Waals surface area (Å²) in [4.78, 5) is 10.6. The zero-order chi connectivity index (χ0) is 11.0. The van der Waals surface area contributed by atoms with Crippen LogP contribution in [0.15, 0.2) is 18.5 Å². The standard InChI is InChI=1S/C7H7F3N2O2/c1-6(5(13)14,7(8,9)10)12-4-2-3-11-12/h2-4H,1H3,(H,13,14). The first-order valence-electron chi connectivity index (χ1n) is 3.60. The summed E-state index contributed by atoms with van der Waals surface area (Å²) in [6.45, 7) is 0.558. The average Bonchev–Trinajstić information content (AvgIpc) is 2.52. The Bertz CT molecular complexity index is 333. The van der Waals surface area contributed by atoms with Crippen LogP contribution >= 0.6 is 0 Å². The third-order valence-electron chi connectivity index (χ3n) is 1.93. The second-order valence-electron chi connectivity index (χ2n) is 2.83. The van der Waals surface area contributed by atoms with Crippen LogP contribution in [0.2, 0.25) is 0 Å². The summed E-state index contributed by atoms with van der Waals surface area (Å²) in [5.41, 5.74) is -3.02. The maximum absolute atomic E-state index is 12.5. The molecule has 7 heteroatoms. The van der Waals surface area contributed by atoms with Gasteiger partial charge in [-0.15, -0.1) is 0 Å². The molecule has 0 fully saturated rings. The number of aromatic nitrogens is 2. The van der Waals surface area contributed by atoms with E-state index in [4.69, 9.17) is 5.11 Å². The van der Waals surface area contributed by atoms with Crippen molar-refractivity contribution in [3.05, 3.63) is 18.5 Å². The summed E-state index contributed by atoms with van der Waals surface area (Å²) in [5, 5.41) is 11.9. The minimum atomic E-state index is -4.90. The zero-order valence-corrected chi connectivity index (χ0v) is 7.12. The number of carboxylic acids is 1. The van der Waals surface area contributed by atoms with Gasteiger partial charge >= 0.3 is 12.1 Å². The largest absolute Gasteiger partial charge is 0.479 e. The van der Waals surface area contributed by atoms with Crippen molar-refractivity contribution in [1.29, 1.82) is 0 Å². The van der Waals surface area contributed by atoms with Crippen LogP contribution in [0.5, 0.6) is 0 Å². The molecule has 1 N–H and O–H groups in total. The van der Waals surface area contributed by atoms with Gasteiger partial charge in [0.15, 0.2) is 0 Å². The number of halogens is 3. The van der Waals surface area contributed by atoms with E-state index in [1.54, 1.807) is 0 Å². The molecule has 4 nitrogen and oxygen atoms in total. The summed E-state index contributed by atoms with van der Waals surface area (Å²) in [5.74, 6) is -1.99. The second-order valence-corrected chi connectivity index (χ2v) is 2.83. The van der Waals surface area contributed by atoms with Gasteiger partial charge in [0.1, 0.15) is 0 Å². The third kappa shape index (κ3) is 1.34. The van der Waals surface area contributed by atoms with Gasteiger partial charge < -0.3 is 5.11 Å². The molecular weight excluding hydrogens is 201 g/mol. The van der Waals surface area contributed by atoms with Crippen LogP contribution in [-0.2, 0) is 10.3 Å². The molecule has 0 saturated carbocycles. The van der Waals surface area contributed by atoms with Crippen molar-refractivity contribution < 1.29 is 23.1 Å². The molecule has 14 heavy (non-hydrogen) atoms. The third-order valence-corrected chi connectivity index (χ3v) is 1.93. The predicted molar refractivity (Wildman–Crippen MR) is 39.6 cm³/mol. The van der Waals surface area contributed by atoms with Crippen molar-refractivity contribution in [2.45, 2.75) is 18.6 Å². The highest BCUT2D eigenvalue weighted by Crippen LogP contribution is 2.36. The number of carboxylic acid groups (broad SMARTS) is 1. The van der Waals surface area contributed by atoms with Crippen LogP contribution in [0.1, 0.15) is 6.92 Å². The van der Waals surface area contributed by atoms with E-state index >= 15 is 0 Å². The van der Waals surface area contributed by atoms with E-state index in [2.05, 4.69) is 5.10 Å². The zero-order valence-electron chi connectivity index (χ0n) is 7.12. The van der Waals surface area contributed by atoms with Crippen LogP contribution in [0, 0.1) is 0 Å². The van der Waals surface area contributed by atoms with Gasteiger partial charge in [-0.25, -0.2) is 9.48 Å². The number of carbonyl (C=O) groups is 1. The number of hydrogen-bond donors (Lipinski definition) is 1. The molecular formula is C7H7F3N2O2. The molecule has 0 aliphatic rings. The van der Waals surface area contributed by atoms with E-state index in [-0.39, 0.29) is 0 Å². The molecule has 78 valence electrons. The highest BCUT2D eigenvalue weighted by atomic mass is 19.4. The predicted octanol–water partition coefficient (Wildman–Crippen LogP) is 1.25. The number of aliphatic carboxylic acids is 1. The van der Waals surface area contributed by atoms with Crippen LogP contribution in [-0.4, -0.2) is 27.0 Å². The van der Waals surface area contributed by atoms with E-state index in [1.807, 2.05) is 0 Å². The summed E-state index contributed by atoms with van der Waals surface area (Å²) in [6, 6.07) is 1.23. The first kappa shape index (κ1) is 10.6. The van der Waals surface area contributed by atoms with Crippen molar-refractivity contribution in [1.82, 2.24) is 9.78 Å². The molecule has 1 aromatic heterocycles. The van der Waals surface area contributed by atoms with Gasteiger partial charge in [0.05, 0.1) is 0 Å². The first-order valence-corrected chi connectivity index (χ1v) is 3.60. The minimum Gasteiger partial charge on any atom is -0.479 e. The van der Waals surface area contributed by atoms with Crippen molar-refractivity contribution in [3.8, 4) is 0 Å². The lowest BCUT2D eigenvalue weighted by Gasteiger charge is -2.27. The van der Waals surface area contributed by atoms with Crippen LogP contribution < -0.4 is 0 Å². The maximum Gasteiger partial charge on any atom is 0.424 e. The second kappa shape index (κ2) is 3.00. The van der Waals surface area contributed by atoms with Gasteiger partial charge in [0.2, 0.25) is 0 Å². The molecule has 1 atom stereocenters. The number of hydrogen-bond acceptors (Lipinski definition) is 2. The molecule has 1 rings (SSSR count). The molecule has 0 spiro atoms. The molecule has 0 bridgehead atoms. The van der Waals surface area contributed by atoms with E-state index in [0.29, 0.717) is 11.6 Å². The summed E-state index contributed by atoms with van der Waals surface area (Å²) in [7, 11) is 0. The number of rotatable bonds is 2. The lowest BCUT2D eigenvalue weighted by molar-refractivity contribution is -0.221. The Morgan fingerprint density at radius 3 is 2.36 bits per heavy atom. The first-order chi connectivity index (χ1) is 6.30. The summed E-state index contributed by atoms with van der Waals surface area (Å²) < 4.78 is 37.8. The Kier molecular flexibility index (Phi) is 2.26. The molecule has 1 unspecified atom stereocenters. The Balaban J connectivity index is 3.27. The Morgan fingerprint density at radius 1 is 1.50 bits per heavy atom. The van der Waals surface area contributed by atoms with E-state index in [9.17, 15) is 18.0 Å². The number of alkyl halides is 3. The maximum atomic E-state index is 12.5. The summed E-state index contributed by atoms with van der Waals surface area (Å²) in [6.07, 6.45) is -2.85. The summed E-state index contributed by atoms with van der Waals surface area (Å²) >= 11 is 0. The Labute approximate surface area is 77.0 Å².